The van der Waals surface area contributed by atoms with Crippen LogP contribution in [0.3, 0.4) is 0 Å². The molecule has 0 radical (unpaired) electrons. The number of hydrogen-bond acceptors (Lipinski definition) is 3. The number of hydrogen-bond donors (Lipinski definition) is 0. The molecule has 0 bridgehead atoms. The van der Waals surface area contributed by atoms with Gasteiger partial charge < -0.3 is 4.90 Å². The Morgan fingerprint density at radius 1 is 1.14 bits per heavy atom. The van der Waals surface area contributed by atoms with Crippen molar-refractivity contribution in [3.63, 3.8) is 0 Å². The fourth-order valence-electron chi connectivity index (χ4n) is 4.02. The number of halogens is 1. The molecule has 4 aromatic rings. The first-order valence-corrected chi connectivity index (χ1v) is 9.98. The fourth-order valence-corrected chi connectivity index (χ4v) is 4.17. The van der Waals surface area contributed by atoms with Crippen LogP contribution in [-0.4, -0.2) is 31.9 Å². The molecule has 1 atom stereocenters. The van der Waals surface area contributed by atoms with Gasteiger partial charge in [0.05, 0.1) is 22.3 Å². The van der Waals surface area contributed by atoms with Gasteiger partial charge in [-0.25, -0.2) is 4.52 Å². The van der Waals surface area contributed by atoms with Gasteiger partial charge in [0.25, 0.3) is 5.91 Å². The largest absolute Gasteiger partial charge is 0.330 e. The first-order chi connectivity index (χ1) is 14.1. The average molecular weight is 403 g/mol. The molecule has 144 valence electrons. The highest BCUT2D eigenvalue weighted by Gasteiger charge is 2.29. The molecular weight excluding hydrogens is 384 g/mol. The lowest BCUT2D eigenvalue weighted by Gasteiger charge is -2.35. The fraction of sp³-hybridized carbons (Fsp3) is 0.174. The Kier molecular flexibility index (Phi) is 4.32. The summed E-state index contributed by atoms with van der Waals surface area (Å²) in [6.07, 6.45) is 4.33. The maximum absolute atomic E-state index is 13.2. The van der Waals surface area contributed by atoms with Gasteiger partial charge in [0.1, 0.15) is 0 Å². The summed E-state index contributed by atoms with van der Waals surface area (Å²) in [6.45, 7) is 2.73. The van der Waals surface area contributed by atoms with E-state index in [9.17, 15) is 4.79 Å². The van der Waals surface area contributed by atoms with Crippen LogP contribution in [0.2, 0.25) is 5.02 Å². The molecule has 1 aliphatic rings. The van der Waals surface area contributed by atoms with Gasteiger partial charge >= 0.3 is 0 Å². The lowest BCUT2D eigenvalue weighted by Crippen LogP contribution is -2.39. The summed E-state index contributed by atoms with van der Waals surface area (Å²) in [7, 11) is 0. The van der Waals surface area contributed by atoms with E-state index in [1.165, 1.54) is 11.1 Å². The lowest BCUT2D eigenvalue weighted by atomic mass is 9.91. The Balaban J connectivity index is 1.44. The number of carbonyl (C=O) groups excluding carboxylic acids is 1. The Morgan fingerprint density at radius 3 is 2.86 bits per heavy atom. The highest BCUT2D eigenvalue weighted by molar-refractivity contribution is 6.30. The van der Waals surface area contributed by atoms with Gasteiger partial charge in [0.2, 0.25) is 0 Å². The van der Waals surface area contributed by atoms with Gasteiger partial charge in [-0.1, -0.05) is 29.8 Å². The zero-order valence-electron chi connectivity index (χ0n) is 15.9. The van der Waals surface area contributed by atoms with E-state index in [1.807, 2.05) is 35.2 Å². The molecule has 0 N–H and O–H groups in total. The van der Waals surface area contributed by atoms with E-state index in [-0.39, 0.29) is 11.9 Å². The van der Waals surface area contributed by atoms with Crippen LogP contribution in [-0.2, 0) is 6.42 Å². The van der Waals surface area contributed by atoms with E-state index in [2.05, 4.69) is 35.2 Å². The van der Waals surface area contributed by atoms with Crippen molar-refractivity contribution in [2.75, 3.05) is 6.54 Å². The Hall–Kier alpha value is -3.18. The predicted octanol–water partition coefficient (Wildman–Crippen LogP) is 4.81. The minimum atomic E-state index is -0.0585. The van der Waals surface area contributed by atoms with Crippen molar-refractivity contribution in [3.05, 3.63) is 88.8 Å². The zero-order chi connectivity index (χ0) is 20.0. The highest BCUT2D eigenvalue weighted by Crippen LogP contribution is 2.33. The first kappa shape index (κ1) is 17.9. The number of rotatable bonds is 2. The maximum atomic E-state index is 13.2. The smallest absolute Gasteiger partial charge is 0.274 e. The molecule has 0 aliphatic carbocycles. The van der Waals surface area contributed by atoms with Crippen molar-refractivity contribution in [2.24, 2.45) is 0 Å². The number of pyridine rings is 2. The van der Waals surface area contributed by atoms with Crippen molar-refractivity contribution >= 4 is 23.0 Å². The van der Waals surface area contributed by atoms with Crippen LogP contribution < -0.4 is 0 Å². The molecular formula is C23H19ClN4O. The van der Waals surface area contributed by atoms with Crippen molar-refractivity contribution in [1.82, 2.24) is 19.5 Å². The average Bonchev–Trinajstić information content (AvgIpc) is 3.17. The van der Waals surface area contributed by atoms with Crippen molar-refractivity contribution in [2.45, 2.75) is 19.4 Å². The van der Waals surface area contributed by atoms with Gasteiger partial charge in [-0.3, -0.25) is 9.78 Å². The van der Waals surface area contributed by atoms with Crippen molar-refractivity contribution in [1.29, 1.82) is 0 Å². The van der Waals surface area contributed by atoms with E-state index >= 15 is 0 Å². The molecule has 0 saturated heterocycles. The van der Waals surface area contributed by atoms with Crippen molar-refractivity contribution in [3.8, 4) is 11.3 Å². The quantitative estimate of drug-likeness (QED) is 0.483. The van der Waals surface area contributed by atoms with Crippen LogP contribution in [0.25, 0.3) is 16.8 Å². The Morgan fingerprint density at radius 2 is 2.03 bits per heavy atom. The minimum absolute atomic E-state index is 0.0163. The number of aromatic nitrogens is 3. The van der Waals surface area contributed by atoms with Gasteiger partial charge in [-0.05, 0) is 60.9 Å². The summed E-state index contributed by atoms with van der Waals surface area (Å²) < 4.78 is 1.65. The number of carbonyl (C=O) groups is 1. The monoisotopic (exact) mass is 402 g/mol. The molecule has 29 heavy (non-hydrogen) atoms. The van der Waals surface area contributed by atoms with Crippen LogP contribution in [0.5, 0.6) is 0 Å². The molecule has 4 heterocycles. The molecule has 3 aromatic heterocycles. The van der Waals surface area contributed by atoms with E-state index < -0.39 is 0 Å². The second-order valence-corrected chi connectivity index (χ2v) is 7.74. The molecule has 6 heteroatoms. The summed E-state index contributed by atoms with van der Waals surface area (Å²) in [5.74, 6) is -0.0585. The van der Waals surface area contributed by atoms with Crippen LogP contribution in [0.4, 0.5) is 0 Å². The molecule has 1 aromatic carbocycles. The zero-order valence-corrected chi connectivity index (χ0v) is 16.7. The first-order valence-electron chi connectivity index (χ1n) is 9.60. The predicted molar refractivity (Wildman–Crippen MR) is 113 cm³/mol. The third kappa shape index (κ3) is 3.17. The third-order valence-corrected chi connectivity index (χ3v) is 5.77. The Labute approximate surface area is 173 Å². The van der Waals surface area contributed by atoms with Crippen molar-refractivity contribution < 1.29 is 4.79 Å². The highest BCUT2D eigenvalue weighted by atomic mass is 35.5. The molecule has 0 saturated carbocycles. The van der Waals surface area contributed by atoms with E-state index in [4.69, 9.17) is 11.6 Å². The SMILES string of the molecule is CC1c2ccc(-c3ccccn3)cc2CCN1C(=O)c1cc2ccc(Cl)cn2n1. The number of fused-ring (bicyclic) bond motifs is 2. The van der Waals surface area contributed by atoms with Crippen LogP contribution in [0.15, 0.2) is 67.0 Å². The summed E-state index contributed by atoms with van der Waals surface area (Å²) in [5, 5.41) is 5.01. The van der Waals surface area contributed by atoms with Gasteiger partial charge in [0.15, 0.2) is 5.69 Å². The molecule has 0 fully saturated rings. The second-order valence-electron chi connectivity index (χ2n) is 7.30. The summed E-state index contributed by atoms with van der Waals surface area (Å²) in [6, 6.07) is 17.8. The van der Waals surface area contributed by atoms with E-state index in [1.54, 1.807) is 23.0 Å². The molecule has 1 unspecified atom stereocenters. The van der Waals surface area contributed by atoms with Crippen LogP contribution >= 0.6 is 11.6 Å². The van der Waals surface area contributed by atoms with Crippen LogP contribution in [0.1, 0.15) is 34.6 Å². The lowest BCUT2D eigenvalue weighted by molar-refractivity contribution is 0.0671. The molecule has 1 aliphatic heterocycles. The Bertz CT molecular complexity index is 1220. The standard InChI is InChI=1S/C23H19ClN4O/c1-15-20-8-5-17(21-4-2-3-10-25-21)12-16(20)9-11-27(15)23(29)22-13-19-7-6-18(24)14-28(19)26-22/h2-8,10,12-15H,9,11H2,1H3. The number of nitrogens with zero attached hydrogens (tertiary/aromatic N) is 4. The van der Waals surface area contributed by atoms with E-state index in [0.29, 0.717) is 17.3 Å². The number of benzene rings is 1. The third-order valence-electron chi connectivity index (χ3n) is 5.55. The van der Waals surface area contributed by atoms with Gasteiger partial charge in [-0.2, -0.15) is 5.10 Å². The maximum Gasteiger partial charge on any atom is 0.274 e. The molecule has 1 amide bonds. The van der Waals surface area contributed by atoms with Gasteiger partial charge in [0, 0.05) is 24.5 Å². The summed E-state index contributed by atoms with van der Waals surface area (Å²) in [4.78, 5) is 19.5. The summed E-state index contributed by atoms with van der Waals surface area (Å²) >= 11 is 6.03. The number of amides is 1. The molecule has 5 rings (SSSR count). The second kappa shape index (κ2) is 7.01. The summed E-state index contributed by atoms with van der Waals surface area (Å²) in [5.41, 5.74) is 5.80. The molecule has 0 spiro atoms. The van der Waals surface area contributed by atoms with Crippen LogP contribution in [0, 0.1) is 0 Å². The molecule has 5 nitrogen and oxygen atoms in total. The minimum Gasteiger partial charge on any atom is -0.330 e. The normalized spacial score (nSPS) is 16.1. The van der Waals surface area contributed by atoms with E-state index in [0.717, 1.165) is 23.2 Å². The topological polar surface area (TPSA) is 50.5 Å². The van der Waals surface area contributed by atoms with Gasteiger partial charge in [-0.15, -0.1) is 0 Å².